The van der Waals surface area contributed by atoms with E-state index in [4.69, 9.17) is 5.11 Å². The lowest BCUT2D eigenvalue weighted by molar-refractivity contribution is -0.138. The van der Waals surface area contributed by atoms with E-state index in [-0.39, 0.29) is 6.04 Å². The molecule has 15 heavy (non-hydrogen) atoms. The molecule has 0 aliphatic carbocycles. The quantitative estimate of drug-likeness (QED) is 0.591. The Morgan fingerprint density at radius 1 is 1.27 bits per heavy atom. The summed E-state index contributed by atoms with van der Waals surface area (Å²) >= 11 is 0. The first kappa shape index (κ1) is 13.7. The minimum absolute atomic E-state index is 0.0269. The lowest BCUT2D eigenvalue weighted by Gasteiger charge is -2.19. The molecule has 0 saturated heterocycles. The van der Waals surface area contributed by atoms with Gasteiger partial charge in [-0.15, -0.1) is 0 Å². The number of carbonyl (C=O) groups excluding carboxylic acids is 1. The van der Waals surface area contributed by atoms with E-state index in [9.17, 15) is 9.59 Å². The molecule has 6 heteroatoms. The van der Waals surface area contributed by atoms with Crippen molar-refractivity contribution in [2.24, 2.45) is 0 Å². The van der Waals surface area contributed by atoms with Crippen LogP contribution in [0, 0.1) is 0 Å². The van der Waals surface area contributed by atoms with Crippen LogP contribution in [-0.2, 0) is 4.79 Å². The van der Waals surface area contributed by atoms with Crippen molar-refractivity contribution in [3.05, 3.63) is 0 Å². The molecule has 0 radical (unpaired) electrons. The predicted molar refractivity (Wildman–Crippen MR) is 56.8 cm³/mol. The predicted octanol–water partition coefficient (Wildman–Crippen LogP) is -0.291. The van der Waals surface area contributed by atoms with Gasteiger partial charge in [-0.2, -0.15) is 0 Å². The largest absolute Gasteiger partial charge is 0.480 e. The number of aliphatic carboxylic acids is 1. The number of rotatable bonds is 5. The fraction of sp³-hybridized carbons (Fsp3) is 0.778. The highest BCUT2D eigenvalue weighted by molar-refractivity contribution is 5.82. The van der Waals surface area contributed by atoms with Crippen molar-refractivity contribution in [1.29, 1.82) is 0 Å². The second-order valence-electron chi connectivity index (χ2n) is 3.84. The third-order valence-corrected chi connectivity index (χ3v) is 1.73. The third kappa shape index (κ3) is 6.73. The van der Waals surface area contributed by atoms with Gasteiger partial charge in [-0.3, -0.25) is 4.79 Å². The molecule has 0 bridgehead atoms. The third-order valence-electron chi connectivity index (χ3n) is 1.73. The molecule has 2 atom stereocenters. The van der Waals surface area contributed by atoms with Crippen LogP contribution in [0.25, 0.3) is 0 Å². The first-order valence-electron chi connectivity index (χ1n) is 4.77. The zero-order valence-electron chi connectivity index (χ0n) is 9.57. The highest BCUT2D eigenvalue weighted by Gasteiger charge is 2.15. The normalized spacial score (nSPS) is 14.5. The highest BCUT2D eigenvalue weighted by atomic mass is 16.4. The van der Waals surface area contributed by atoms with Crippen LogP contribution in [0.5, 0.6) is 0 Å². The zero-order chi connectivity index (χ0) is 12.0. The molecular formula is C9H19N3O3. The molecule has 0 aliphatic heterocycles. The van der Waals surface area contributed by atoms with Gasteiger partial charge in [-0.05, 0) is 27.9 Å². The van der Waals surface area contributed by atoms with E-state index >= 15 is 0 Å². The molecule has 0 rings (SSSR count). The smallest absolute Gasteiger partial charge is 0.325 e. The Hall–Kier alpha value is -1.30. The van der Waals surface area contributed by atoms with Gasteiger partial charge in [-0.25, -0.2) is 4.79 Å². The summed E-state index contributed by atoms with van der Waals surface area (Å²) in [4.78, 5) is 23.6. The Morgan fingerprint density at radius 3 is 2.20 bits per heavy atom. The topological polar surface area (TPSA) is 81.7 Å². The van der Waals surface area contributed by atoms with Gasteiger partial charge in [0.2, 0.25) is 0 Å². The lowest BCUT2D eigenvalue weighted by Crippen LogP contribution is -2.49. The molecular weight excluding hydrogens is 198 g/mol. The van der Waals surface area contributed by atoms with Gasteiger partial charge in [0.25, 0.3) is 0 Å². The SMILES string of the molecule is CC(CN(C)C)NC(=O)N[C@@H](C)C(=O)O. The molecule has 6 nitrogen and oxygen atoms in total. The van der Waals surface area contributed by atoms with Gasteiger partial charge in [0.05, 0.1) is 0 Å². The minimum Gasteiger partial charge on any atom is -0.480 e. The number of nitrogens with one attached hydrogen (secondary N) is 2. The Balaban J connectivity index is 3.88. The van der Waals surface area contributed by atoms with E-state index in [0.717, 1.165) is 0 Å². The lowest BCUT2D eigenvalue weighted by atomic mass is 10.3. The number of hydrogen-bond acceptors (Lipinski definition) is 3. The summed E-state index contributed by atoms with van der Waals surface area (Å²) in [5.74, 6) is -1.05. The monoisotopic (exact) mass is 217 g/mol. The summed E-state index contributed by atoms with van der Waals surface area (Å²) in [6.45, 7) is 3.97. The van der Waals surface area contributed by atoms with Crippen molar-refractivity contribution in [3.8, 4) is 0 Å². The molecule has 0 saturated carbocycles. The van der Waals surface area contributed by atoms with E-state index in [2.05, 4.69) is 10.6 Å². The second kappa shape index (κ2) is 6.23. The Kier molecular flexibility index (Phi) is 5.69. The summed E-state index contributed by atoms with van der Waals surface area (Å²) in [5.41, 5.74) is 0. The Bertz CT molecular complexity index is 231. The number of likely N-dealkylation sites (N-methyl/N-ethyl adjacent to an activating group) is 1. The number of carboxylic acid groups (broad SMARTS) is 1. The Morgan fingerprint density at radius 2 is 1.80 bits per heavy atom. The van der Waals surface area contributed by atoms with Gasteiger partial charge in [-0.1, -0.05) is 0 Å². The van der Waals surface area contributed by atoms with Crippen molar-refractivity contribution in [3.63, 3.8) is 0 Å². The van der Waals surface area contributed by atoms with Crippen LogP contribution in [0.15, 0.2) is 0 Å². The van der Waals surface area contributed by atoms with Crippen molar-refractivity contribution in [2.75, 3.05) is 20.6 Å². The summed E-state index contributed by atoms with van der Waals surface area (Å²) in [7, 11) is 3.80. The number of carbonyl (C=O) groups is 2. The number of hydrogen-bond donors (Lipinski definition) is 3. The first-order chi connectivity index (χ1) is 6.82. The van der Waals surface area contributed by atoms with Gasteiger partial charge < -0.3 is 20.6 Å². The Labute approximate surface area is 89.6 Å². The maximum absolute atomic E-state index is 11.2. The van der Waals surface area contributed by atoms with Crippen LogP contribution < -0.4 is 10.6 Å². The average molecular weight is 217 g/mol. The van der Waals surface area contributed by atoms with Gasteiger partial charge in [0.15, 0.2) is 0 Å². The molecule has 0 aromatic heterocycles. The molecule has 0 aromatic rings. The van der Waals surface area contributed by atoms with Crippen LogP contribution in [-0.4, -0.2) is 54.7 Å². The average Bonchev–Trinajstić information content (AvgIpc) is 2.00. The van der Waals surface area contributed by atoms with E-state index in [1.54, 1.807) is 0 Å². The van der Waals surface area contributed by atoms with Crippen LogP contribution in [0.4, 0.5) is 4.79 Å². The van der Waals surface area contributed by atoms with E-state index in [1.165, 1.54) is 6.92 Å². The summed E-state index contributed by atoms with van der Waals surface area (Å²) in [6, 6.07) is -1.36. The maximum Gasteiger partial charge on any atom is 0.325 e. The van der Waals surface area contributed by atoms with Crippen molar-refractivity contribution < 1.29 is 14.7 Å². The summed E-state index contributed by atoms with van der Waals surface area (Å²) in [6.07, 6.45) is 0. The molecule has 0 aromatic carbocycles. The van der Waals surface area contributed by atoms with E-state index in [1.807, 2.05) is 25.9 Å². The van der Waals surface area contributed by atoms with Crippen molar-refractivity contribution in [1.82, 2.24) is 15.5 Å². The van der Waals surface area contributed by atoms with Crippen LogP contribution in [0.3, 0.4) is 0 Å². The molecule has 0 aliphatic rings. The van der Waals surface area contributed by atoms with Crippen LogP contribution in [0.2, 0.25) is 0 Å². The van der Waals surface area contributed by atoms with Crippen molar-refractivity contribution in [2.45, 2.75) is 25.9 Å². The molecule has 0 spiro atoms. The fourth-order valence-electron chi connectivity index (χ4n) is 1.12. The molecule has 88 valence electrons. The minimum atomic E-state index is -1.05. The van der Waals surface area contributed by atoms with Crippen LogP contribution >= 0.6 is 0 Å². The number of amides is 2. The zero-order valence-corrected chi connectivity index (χ0v) is 9.57. The highest BCUT2D eigenvalue weighted by Crippen LogP contribution is 1.86. The molecule has 3 N–H and O–H groups in total. The molecule has 2 amide bonds. The van der Waals surface area contributed by atoms with Crippen LogP contribution in [0.1, 0.15) is 13.8 Å². The van der Waals surface area contributed by atoms with E-state index < -0.39 is 18.0 Å². The standard InChI is InChI=1S/C9H19N3O3/c1-6(5-12(3)4)10-9(15)11-7(2)8(13)14/h6-7H,5H2,1-4H3,(H,13,14)(H2,10,11,15)/t6?,7-/m0/s1. The molecule has 1 unspecified atom stereocenters. The number of urea groups is 1. The molecule has 0 fully saturated rings. The fourth-order valence-corrected chi connectivity index (χ4v) is 1.12. The second-order valence-corrected chi connectivity index (χ2v) is 3.84. The van der Waals surface area contributed by atoms with E-state index in [0.29, 0.717) is 6.54 Å². The summed E-state index contributed by atoms with van der Waals surface area (Å²) < 4.78 is 0. The van der Waals surface area contributed by atoms with Gasteiger partial charge >= 0.3 is 12.0 Å². The number of carboxylic acids is 1. The van der Waals surface area contributed by atoms with Crippen molar-refractivity contribution >= 4 is 12.0 Å². The molecule has 0 heterocycles. The van der Waals surface area contributed by atoms with Gasteiger partial charge in [0.1, 0.15) is 6.04 Å². The first-order valence-corrected chi connectivity index (χ1v) is 4.77. The summed E-state index contributed by atoms with van der Waals surface area (Å²) in [5, 5.41) is 13.5. The number of nitrogens with zero attached hydrogens (tertiary/aromatic N) is 1. The van der Waals surface area contributed by atoms with Gasteiger partial charge in [0, 0.05) is 12.6 Å². The maximum atomic E-state index is 11.2.